The van der Waals surface area contributed by atoms with Crippen LogP contribution in [0.5, 0.6) is 0 Å². The van der Waals surface area contributed by atoms with E-state index in [4.69, 9.17) is 0 Å². The molecule has 4 heteroatoms. The van der Waals surface area contributed by atoms with E-state index in [0.717, 1.165) is 26.4 Å². The molecule has 0 aliphatic carbocycles. The average Bonchev–Trinajstić information content (AvgIpc) is 2.99. The van der Waals surface area contributed by atoms with Gasteiger partial charge in [-0.05, 0) is 56.2 Å². The van der Waals surface area contributed by atoms with Crippen molar-refractivity contribution in [3.8, 4) is 0 Å². The van der Waals surface area contributed by atoms with Crippen LogP contribution in [0, 0.1) is 13.8 Å². The van der Waals surface area contributed by atoms with Gasteiger partial charge in [-0.25, -0.2) is 4.98 Å². The summed E-state index contributed by atoms with van der Waals surface area (Å²) in [7, 11) is 1.84. The number of amides is 1. The lowest BCUT2D eigenvalue weighted by atomic mass is 10.1. The number of nitrogens with zero attached hydrogens (tertiary/aromatic N) is 2. The molecule has 1 atom stereocenters. The highest BCUT2D eigenvalue weighted by atomic mass is 32.1. The molecule has 1 aromatic heterocycles. The Balaban J connectivity index is 1.87. The third-order valence-corrected chi connectivity index (χ3v) is 5.53. The summed E-state index contributed by atoms with van der Waals surface area (Å²) in [4.78, 5) is 19.2. The third-order valence-electron chi connectivity index (χ3n) is 4.32. The molecule has 0 unspecified atom stereocenters. The van der Waals surface area contributed by atoms with E-state index in [-0.39, 0.29) is 11.9 Å². The lowest BCUT2D eigenvalue weighted by Crippen LogP contribution is -2.29. The number of para-hydroxylation sites is 1. The minimum Gasteiger partial charge on any atom is -0.333 e. The summed E-state index contributed by atoms with van der Waals surface area (Å²) in [6.45, 7) is 6.11. The first kappa shape index (κ1) is 15.7. The SMILES string of the molecule is Cc1ccc(C(=O)N(C)[C@@H](C)c2nc3ccccc3s2)cc1C. The smallest absolute Gasteiger partial charge is 0.254 e. The number of hydrogen-bond acceptors (Lipinski definition) is 3. The first-order valence-electron chi connectivity index (χ1n) is 7.67. The largest absolute Gasteiger partial charge is 0.333 e. The molecular formula is C19H20N2OS. The van der Waals surface area contributed by atoms with Crippen molar-refractivity contribution in [3.63, 3.8) is 0 Å². The number of carbonyl (C=O) groups excluding carboxylic acids is 1. The van der Waals surface area contributed by atoms with Crippen LogP contribution in [-0.2, 0) is 0 Å². The molecule has 1 amide bonds. The highest BCUT2D eigenvalue weighted by Crippen LogP contribution is 2.29. The minimum atomic E-state index is -0.0542. The second kappa shape index (κ2) is 6.13. The Hall–Kier alpha value is -2.20. The fourth-order valence-electron chi connectivity index (χ4n) is 2.49. The highest BCUT2D eigenvalue weighted by molar-refractivity contribution is 7.18. The van der Waals surface area contributed by atoms with Crippen LogP contribution < -0.4 is 0 Å². The number of rotatable bonds is 3. The van der Waals surface area contributed by atoms with Crippen LogP contribution in [0.4, 0.5) is 0 Å². The zero-order valence-electron chi connectivity index (χ0n) is 13.8. The predicted molar refractivity (Wildman–Crippen MR) is 96.0 cm³/mol. The van der Waals surface area contributed by atoms with Crippen LogP contribution in [-0.4, -0.2) is 22.8 Å². The van der Waals surface area contributed by atoms with E-state index in [2.05, 4.69) is 18.0 Å². The van der Waals surface area contributed by atoms with Crippen molar-refractivity contribution in [2.75, 3.05) is 7.05 Å². The van der Waals surface area contributed by atoms with Gasteiger partial charge < -0.3 is 4.90 Å². The van der Waals surface area contributed by atoms with Crippen LogP contribution in [0.2, 0.25) is 0 Å². The van der Waals surface area contributed by atoms with E-state index < -0.39 is 0 Å². The van der Waals surface area contributed by atoms with Gasteiger partial charge in [0.2, 0.25) is 0 Å². The Labute approximate surface area is 140 Å². The van der Waals surface area contributed by atoms with E-state index in [1.54, 1.807) is 16.2 Å². The molecule has 3 rings (SSSR count). The van der Waals surface area contributed by atoms with Crippen molar-refractivity contribution in [2.24, 2.45) is 0 Å². The van der Waals surface area contributed by atoms with Crippen LogP contribution in [0.25, 0.3) is 10.2 Å². The molecule has 0 saturated carbocycles. The lowest BCUT2D eigenvalue weighted by molar-refractivity contribution is 0.0742. The molecule has 0 aliphatic rings. The van der Waals surface area contributed by atoms with Crippen molar-refractivity contribution < 1.29 is 4.79 Å². The summed E-state index contributed by atoms with van der Waals surface area (Å²) < 4.78 is 1.15. The number of aromatic nitrogens is 1. The second-order valence-electron chi connectivity index (χ2n) is 5.91. The van der Waals surface area contributed by atoms with Crippen molar-refractivity contribution in [3.05, 3.63) is 64.2 Å². The fourth-order valence-corrected chi connectivity index (χ4v) is 3.55. The Kier molecular flexibility index (Phi) is 4.18. The lowest BCUT2D eigenvalue weighted by Gasteiger charge is -2.23. The first-order chi connectivity index (χ1) is 11.0. The monoisotopic (exact) mass is 324 g/mol. The topological polar surface area (TPSA) is 33.2 Å². The first-order valence-corrected chi connectivity index (χ1v) is 8.49. The number of fused-ring (bicyclic) bond motifs is 1. The summed E-state index contributed by atoms with van der Waals surface area (Å²) in [5, 5.41) is 0.964. The normalized spacial score (nSPS) is 12.3. The third kappa shape index (κ3) is 2.99. The van der Waals surface area contributed by atoms with Gasteiger partial charge >= 0.3 is 0 Å². The van der Waals surface area contributed by atoms with Gasteiger partial charge in [0.1, 0.15) is 5.01 Å². The van der Waals surface area contributed by atoms with Crippen LogP contribution in [0.3, 0.4) is 0 Å². The molecule has 3 aromatic rings. The summed E-state index contributed by atoms with van der Waals surface area (Å²) >= 11 is 1.65. The molecule has 0 fully saturated rings. The maximum Gasteiger partial charge on any atom is 0.254 e. The van der Waals surface area contributed by atoms with Crippen molar-refractivity contribution >= 4 is 27.5 Å². The van der Waals surface area contributed by atoms with Gasteiger partial charge in [0.15, 0.2) is 0 Å². The van der Waals surface area contributed by atoms with E-state index in [1.807, 2.05) is 57.3 Å². The number of benzene rings is 2. The van der Waals surface area contributed by atoms with E-state index in [1.165, 1.54) is 5.56 Å². The van der Waals surface area contributed by atoms with Gasteiger partial charge in [-0.2, -0.15) is 0 Å². The average molecular weight is 324 g/mol. The zero-order valence-corrected chi connectivity index (χ0v) is 14.6. The number of aryl methyl sites for hydroxylation is 2. The van der Waals surface area contributed by atoms with Crippen molar-refractivity contribution in [2.45, 2.75) is 26.8 Å². The second-order valence-corrected chi connectivity index (χ2v) is 6.97. The molecule has 23 heavy (non-hydrogen) atoms. The Morgan fingerprint density at radius 1 is 1.13 bits per heavy atom. The van der Waals surface area contributed by atoms with Gasteiger partial charge in [-0.1, -0.05) is 18.2 Å². The van der Waals surface area contributed by atoms with Crippen molar-refractivity contribution in [1.29, 1.82) is 0 Å². The van der Waals surface area contributed by atoms with E-state index >= 15 is 0 Å². The number of carbonyl (C=O) groups is 1. The Morgan fingerprint density at radius 3 is 2.57 bits per heavy atom. The Bertz CT molecular complexity index is 836. The van der Waals surface area contributed by atoms with Gasteiger partial charge in [-0.15, -0.1) is 11.3 Å². The molecule has 0 aliphatic heterocycles. The fraction of sp³-hybridized carbons (Fsp3) is 0.263. The standard InChI is InChI=1S/C19H20N2OS/c1-12-9-10-15(11-13(12)2)19(22)21(4)14(3)18-20-16-7-5-6-8-17(16)23-18/h5-11,14H,1-4H3/t14-/m0/s1. The minimum absolute atomic E-state index is 0.0276. The molecule has 1 heterocycles. The molecule has 0 radical (unpaired) electrons. The summed E-state index contributed by atoms with van der Waals surface area (Å²) in [5.41, 5.74) is 4.05. The van der Waals surface area contributed by atoms with Gasteiger partial charge in [-0.3, -0.25) is 4.79 Å². The predicted octanol–water partition coefficient (Wildman–Crippen LogP) is 4.75. The maximum atomic E-state index is 12.7. The molecule has 0 N–H and O–H groups in total. The summed E-state index contributed by atoms with van der Waals surface area (Å²) in [5.74, 6) is 0.0276. The molecule has 0 spiro atoms. The van der Waals surface area contributed by atoms with Gasteiger partial charge in [0.05, 0.1) is 16.3 Å². The summed E-state index contributed by atoms with van der Waals surface area (Å²) in [6.07, 6.45) is 0. The molecule has 118 valence electrons. The zero-order chi connectivity index (χ0) is 16.6. The molecule has 3 nitrogen and oxygen atoms in total. The Morgan fingerprint density at radius 2 is 1.87 bits per heavy atom. The number of hydrogen-bond donors (Lipinski definition) is 0. The quantitative estimate of drug-likeness (QED) is 0.697. The van der Waals surface area contributed by atoms with Gasteiger partial charge in [0.25, 0.3) is 5.91 Å². The maximum absolute atomic E-state index is 12.7. The van der Waals surface area contributed by atoms with Crippen molar-refractivity contribution in [1.82, 2.24) is 9.88 Å². The van der Waals surface area contributed by atoms with E-state index in [9.17, 15) is 4.79 Å². The molecular weight excluding hydrogens is 304 g/mol. The van der Waals surface area contributed by atoms with Gasteiger partial charge in [0, 0.05) is 12.6 Å². The van der Waals surface area contributed by atoms with Crippen LogP contribution >= 0.6 is 11.3 Å². The molecule has 0 bridgehead atoms. The van der Waals surface area contributed by atoms with Crippen LogP contribution in [0.1, 0.15) is 39.5 Å². The van der Waals surface area contributed by atoms with Crippen LogP contribution in [0.15, 0.2) is 42.5 Å². The molecule has 2 aromatic carbocycles. The molecule has 0 saturated heterocycles. The highest BCUT2D eigenvalue weighted by Gasteiger charge is 2.22. The summed E-state index contributed by atoms with van der Waals surface area (Å²) in [6, 6.07) is 13.9. The number of thiazole rings is 1. The van der Waals surface area contributed by atoms with E-state index in [0.29, 0.717) is 0 Å².